The number of benzene rings is 4. The highest BCUT2D eigenvalue weighted by Gasteiger charge is 2.34. The zero-order valence-electron chi connectivity index (χ0n) is 43.9. The summed E-state index contributed by atoms with van der Waals surface area (Å²) in [4.78, 5) is 71.4. The summed E-state index contributed by atoms with van der Waals surface area (Å²) in [5.74, 6) is 0.0972. The van der Waals surface area contributed by atoms with Crippen LogP contribution in [0.15, 0.2) is 73.3 Å². The van der Waals surface area contributed by atoms with Crippen LogP contribution in [-0.2, 0) is 9.47 Å². The van der Waals surface area contributed by atoms with Crippen molar-refractivity contribution in [2.24, 2.45) is 0 Å². The van der Waals surface area contributed by atoms with Gasteiger partial charge in [-0.2, -0.15) is 0 Å². The number of piperazine rings is 2. The largest absolute Gasteiger partial charge is 0.504 e. The van der Waals surface area contributed by atoms with E-state index < -0.39 is 40.4 Å². The number of halogens is 5. The summed E-state index contributed by atoms with van der Waals surface area (Å²) in [6.45, 7) is 16.8. The molecule has 2 aliphatic rings. The lowest BCUT2D eigenvalue weighted by Crippen LogP contribution is -2.56. The fraction of sp³-hybridized carbons (Fsp3) is 0.385. The minimum Gasteiger partial charge on any atom is -0.504 e. The number of carbonyl (C=O) groups excluding carboxylic acids is 4. The highest BCUT2D eigenvalue weighted by Crippen LogP contribution is 2.37. The third kappa shape index (κ3) is 15.4. The molecule has 77 heavy (non-hydrogen) atoms. The van der Waals surface area contributed by atoms with Gasteiger partial charge in [-0.05, 0) is 103 Å². The van der Waals surface area contributed by atoms with Gasteiger partial charge in [0.2, 0.25) is 0 Å². The number of rotatable bonds is 7. The number of aromatic hydroxyl groups is 1. The minimum atomic E-state index is -0.624. The van der Waals surface area contributed by atoms with Gasteiger partial charge in [-0.1, -0.05) is 35.3 Å². The number of phenols is 1. The van der Waals surface area contributed by atoms with E-state index in [-0.39, 0.29) is 69.2 Å². The number of hydrogen-bond acceptors (Lipinski definition) is 16. The summed E-state index contributed by atoms with van der Waals surface area (Å²) in [5, 5.41) is 16.2. The van der Waals surface area contributed by atoms with Gasteiger partial charge in [0, 0.05) is 68.2 Å². The topological polar surface area (TPSA) is 223 Å². The summed E-state index contributed by atoms with van der Waals surface area (Å²) < 4.78 is 55.4. The quantitative estimate of drug-likeness (QED) is 0.0998. The van der Waals surface area contributed by atoms with Crippen LogP contribution in [0.4, 0.5) is 51.0 Å². The van der Waals surface area contributed by atoms with Crippen molar-refractivity contribution in [3.05, 3.63) is 95.0 Å². The van der Waals surface area contributed by atoms with E-state index in [1.54, 1.807) is 71.9 Å². The molecule has 0 bridgehead atoms. The van der Waals surface area contributed by atoms with E-state index in [0.717, 1.165) is 0 Å². The second kappa shape index (κ2) is 25.2. The van der Waals surface area contributed by atoms with Gasteiger partial charge in [-0.25, -0.2) is 43.1 Å². The molecule has 25 heteroatoms. The molecule has 0 radical (unpaired) electrons. The molecule has 4 amide bonds. The summed E-state index contributed by atoms with van der Waals surface area (Å²) in [6.07, 6.45) is 1.29. The van der Waals surface area contributed by atoms with Gasteiger partial charge in [0.25, 0.3) is 0 Å². The molecule has 3 N–H and O–H groups in total. The van der Waals surface area contributed by atoms with Gasteiger partial charge in [-0.3, -0.25) is 4.79 Å². The first kappa shape index (κ1) is 58.8. The van der Waals surface area contributed by atoms with Crippen molar-refractivity contribution in [2.45, 2.75) is 78.7 Å². The van der Waals surface area contributed by atoms with Crippen LogP contribution in [0.5, 0.6) is 23.0 Å². The normalized spacial score (nSPS) is 15.6. The molecule has 2 aliphatic heterocycles. The molecule has 0 spiro atoms. The van der Waals surface area contributed by atoms with E-state index in [9.17, 15) is 33.1 Å². The molecule has 0 saturated carbocycles. The summed E-state index contributed by atoms with van der Waals surface area (Å²) in [6, 6.07) is 15.0. The standard InChI is InChI=1S/C26H29ClFN5O5.C15H11ClFN3O2.C11H19ClN2O3/c1-15-13-32(24(34)38-26(2,3)4)9-10-33(15)25(35)37-21-11-16-19(12-20(21)36-5)29-14-30-23(16)31-18-8-6-7-17(27)22(18)28;1-22-13-6-11-8(5-12(13)21)15(19-7-18-11)20-10-4-2-3-9(16)14(10)17;1-8-7-13(5-6-14(8)9(12)15)10(16)17-11(2,3)4/h6-8,11-12,14-15H,9-10,13H2,1-5H3,(H,29,30,31);2-7,21H,1H3,(H,18,19,20);8H,5-7H2,1-4H3/t15-;;8-/m1.1/s1. The van der Waals surface area contributed by atoms with Gasteiger partial charge in [0.1, 0.15) is 35.5 Å². The minimum absolute atomic E-state index is 0.00729. The van der Waals surface area contributed by atoms with E-state index in [1.807, 2.05) is 34.6 Å². The highest BCUT2D eigenvalue weighted by atomic mass is 35.5. The van der Waals surface area contributed by atoms with Gasteiger partial charge < -0.3 is 59.0 Å². The first-order chi connectivity index (χ1) is 36.3. The van der Waals surface area contributed by atoms with Crippen molar-refractivity contribution < 1.29 is 56.7 Å². The monoisotopic (exact) mass is 1130 g/mol. The van der Waals surface area contributed by atoms with Crippen molar-refractivity contribution in [3.63, 3.8) is 0 Å². The lowest BCUT2D eigenvalue weighted by Gasteiger charge is -2.39. The van der Waals surface area contributed by atoms with Crippen molar-refractivity contribution in [1.82, 2.24) is 39.5 Å². The van der Waals surface area contributed by atoms with Crippen molar-refractivity contribution >= 4 is 103 Å². The van der Waals surface area contributed by atoms with Crippen LogP contribution >= 0.6 is 34.8 Å². The van der Waals surface area contributed by atoms with Gasteiger partial charge in [-0.15, -0.1) is 0 Å². The van der Waals surface area contributed by atoms with Crippen LogP contribution in [0.25, 0.3) is 21.8 Å². The van der Waals surface area contributed by atoms with Crippen LogP contribution in [0.1, 0.15) is 55.4 Å². The Labute approximate surface area is 458 Å². The predicted molar refractivity (Wildman–Crippen MR) is 288 cm³/mol. The van der Waals surface area contributed by atoms with Crippen molar-refractivity contribution in [1.29, 1.82) is 0 Å². The molecule has 0 aliphatic carbocycles. The zero-order chi connectivity index (χ0) is 56.5. The Morgan fingerprint density at radius 2 is 1.06 bits per heavy atom. The Hall–Kier alpha value is -7.43. The van der Waals surface area contributed by atoms with Crippen molar-refractivity contribution in [2.75, 3.05) is 64.1 Å². The average molecular weight is 1130 g/mol. The smallest absolute Gasteiger partial charge is 0.415 e. The van der Waals surface area contributed by atoms with Crippen molar-refractivity contribution in [3.8, 4) is 23.0 Å². The molecule has 0 unspecified atom stereocenters. The second-order valence-electron chi connectivity index (χ2n) is 19.5. The Morgan fingerprint density at radius 1 is 0.623 bits per heavy atom. The number of aromatic nitrogens is 4. The Bertz CT molecular complexity index is 3130. The van der Waals surface area contributed by atoms with Gasteiger partial charge >= 0.3 is 23.6 Å². The maximum absolute atomic E-state index is 14.5. The molecule has 4 aromatic carbocycles. The number of fused-ring (bicyclic) bond motifs is 2. The summed E-state index contributed by atoms with van der Waals surface area (Å²) >= 11 is 17.1. The number of phenolic OH excluding ortho intramolecular Hbond substituents is 1. The number of ether oxygens (including phenoxy) is 5. The second-order valence-corrected chi connectivity index (χ2v) is 20.7. The predicted octanol–water partition coefficient (Wildman–Crippen LogP) is 11.8. The van der Waals surface area contributed by atoms with Crippen LogP contribution in [0.2, 0.25) is 10.0 Å². The molecule has 20 nitrogen and oxygen atoms in total. The number of amides is 4. The summed E-state index contributed by atoms with van der Waals surface area (Å²) in [7, 11) is 2.89. The average Bonchev–Trinajstić information content (AvgIpc) is 3.36. The molecule has 4 heterocycles. The SMILES string of the molecule is COc1cc2ncnc(Nc3cccc(Cl)c3F)c2cc1O.COc1cc2ncnc(Nc3cccc(Cl)c3F)c2cc1OC(=O)N1CCN(C(=O)OC(C)(C)C)C[C@H]1C.C[C@@H]1CN(C(=O)OC(C)(C)C)CCN1C(=O)Cl. The third-order valence-corrected chi connectivity index (χ3v) is 12.3. The number of methoxy groups -OCH3 is 2. The highest BCUT2D eigenvalue weighted by molar-refractivity contribution is 6.62. The van der Waals surface area contributed by atoms with Gasteiger partial charge in [0.05, 0.1) is 52.7 Å². The van der Waals surface area contributed by atoms with E-state index in [1.165, 1.54) is 56.0 Å². The molecular formula is C52H59Cl3F2N10O10. The molecule has 412 valence electrons. The molecular weight excluding hydrogens is 1070 g/mol. The summed E-state index contributed by atoms with van der Waals surface area (Å²) in [5.41, 5.74) is 0.237. The zero-order valence-corrected chi connectivity index (χ0v) is 46.2. The lowest BCUT2D eigenvalue weighted by atomic mass is 10.2. The number of nitrogens with zero attached hydrogens (tertiary/aromatic N) is 8. The fourth-order valence-corrected chi connectivity index (χ4v) is 8.38. The maximum Gasteiger partial charge on any atom is 0.415 e. The lowest BCUT2D eigenvalue weighted by molar-refractivity contribution is 0.00773. The number of carbonyl (C=O) groups is 4. The van der Waals surface area contributed by atoms with E-state index in [2.05, 4.69) is 30.6 Å². The number of nitrogens with one attached hydrogen (secondary N) is 2. The maximum atomic E-state index is 14.5. The molecule has 2 atom stereocenters. The van der Waals surface area contributed by atoms with E-state index in [4.69, 9.17) is 58.5 Å². The van der Waals surface area contributed by atoms with Crippen LogP contribution < -0.4 is 24.8 Å². The number of hydrogen-bond donors (Lipinski definition) is 3. The van der Waals surface area contributed by atoms with Crippen LogP contribution in [0, 0.1) is 11.6 Å². The molecule has 6 aromatic rings. The Morgan fingerprint density at radius 3 is 1.49 bits per heavy atom. The van der Waals surface area contributed by atoms with E-state index in [0.29, 0.717) is 66.1 Å². The molecule has 2 saturated heterocycles. The first-order valence-corrected chi connectivity index (χ1v) is 25.1. The molecule has 8 rings (SSSR count). The first-order valence-electron chi connectivity index (χ1n) is 23.9. The fourth-order valence-electron chi connectivity index (χ4n) is 7.78. The van der Waals surface area contributed by atoms with Crippen LogP contribution in [-0.4, -0.2) is 145 Å². The van der Waals surface area contributed by atoms with Crippen LogP contribution in [0.3, 0.4) is 0 Å². The number of anilines is 4. The molecule has 2 aromatic heterocycles. The molecule has 2 fully saturated rings. The Kier molecular flexibility index (Phi) is 19.2. The third-order valence-electron chi connectivity index (χ3n) is 11.5. The Balaban J connectivity index is 0.000000207. The van der Waals surface area contributed by atoms with Gasteiger partial charge in [0.15, 0.2) is 34.6 Å². The van der Waals surface area contributed by atoms with E-state index >= 15 is 0 Å².